The first-order valence-corrected chi connectivity index (χ1v) is 23.1. The molecule has 2 amide bonds. The number of aryl methyl sites for hydroxylation is 1. The van der Waals surface area contributed by atoms with Gasteiger partial charge in [-0.1, -0.05) is 103 Å². The lowest BCUT2D eigenvalue weighted by molar-refractivity contribution is -0.146. The van der Waals surface area contributed by atoms with Crippen LogP contribution in [0.25, 0.3) is 0 Å². The average molecular weight is 785 g/mol. The summed E-state index contributed by atoms with van der Waals surface area (Å²) in [5.74, 6) is 0.133. The molecule has 1 aromatic heterocycles. The van der Waals surface area contributed by atoms with E-state index in [-0.39, 0.29) is 47.9 Å². The van der Waals surface area contributed by atoms with Crippen LogP contribution in [0.2, 0.25) is 18.6 Å². The van der Waals surface area contributed by atoms with Gasteiger partial charge in [0.2, 0.25) is 5.91 Å². The molecule has 57 heavy (non-hydrogen) atoms. The molecule has 11 nitrogen and oxygen atoms in total. The largest absolute Gasteiger partial charge is 0.497 e. The highest BCUT2D eigenvalue weighted by molar-refractivity contribution is 6.91. The molecular weight excluding hydrogens is 733 g/mol. The number of methoxy groups -OCH3 is 1. The maximum Gasteiger partial charge on any atom is 0.264 e. The lowest BCUT2D eigenvalue weighted by atomic mass is 9.82. The number of carbonyl (C=O) groups is 2. The number of aliphatic hydroxyl groups is 1. The number of amides is 2. The van der Waals surface area contributed by atoms with Gasteiger partial charge < -0.3 is 30.1 Å². The molecule has 4 aromatic carbocycles. The Morgan fingerprint density at radius 2 is 1.79 bits per heavy atom. The Hall–Kier alpha value is -5.14. The van der Waals surface area contributed by atoms with Crippen molar-refractivity contribution in [1.82, 2.24) is 20.3 Å². The Balaban J connectivity index is 1.17. The summed E-state index contributed by atoms with van der Waals surface area (Å²) in [6, 6.07) is 33.8. The van der Waals surface area contributed by atoms with Gasteiger partial charge >= 0.3 is 0 Å². The van der Waals surface area contributed by atoms with Gasteiger partial charge in [0.25, 0.3) is 5.91 Å². The van der Waals surface area contributed by atoms with Crippen molar-refractivity contribution in [2.24, 2.45) is 5.92 Å². The van der Waals surface area contributed by atoms with Crippen molar-refractivity contribution in [2.75, 3.05) is 30.5 Å². The summed E-state index contributed by atoms with van der Waals surface area (Å²) in [6.07, 6.45) is 3.94. The molecule has 296 valence electrons. The van der Waals surface area contributed by atoms with Gasteiger partial charge in [0.05, 0.1) is 57.8 Å². The van der Waals surface area contributed by atoms with Gasteiger partial charge in [-0.25, -0.2) is 0 Å². The molecule has 2 fully saturated rings. The third-order valence-electron chi connectivity index (χ3n) is 12.6. The smallest absolute Gasteiger partial charge is 0.264 e. The van der Waals surface area contributed by atoms with Crippen LogP contribution in [0.1, 0.15) is 54.5 Å². The highest BCUT2D eigenvalue weighted by Crippen LogP contribution is 2.60. The van der Waals surface area contributed by atoms with Crippen molar-refractivity contribution >= 4 is 36.4 Å². The van der Waals surface area contributed by atoms with Crippen molar-refractivity contribution < 1.29 is 24.2 Å². The number of aliphatic hydroxyl groups excluding tert-OH is 1. The van der Waals surface area contributed by atoms with Crippen LogP contribution in [0.5, 0.6) is 5.75 Å². The zero-order valence-electron chi connectivity index (χ0n) is 33.1. The van der Waals surface area contributed by atoms with Gasteiger partial charge in [-0.3, -0.25) is 14.3 Å². The molecule has 6 atom stereocenters. The summed E-state index contributed by atoms with van der Waals surface area (Å²) in [5, 5.41) is 27.0. The van der Waals surface area contributed by atoms with E-state index in [2.05, 4.69) is 53.1 Å². The summed E-state index contributed by atoms with van der Waals surface area (Å²) in [7, 11) is -0.740. The second-order valence-corrected chi connectivity index (χ2v) is 20.9. The Morgan fingerprint density at radius 1 is 1.05 bits per heavy atom. The van der Waals surface area contributed by atoms with E-state index in [1.807, 2.05) is 107 Å². The zero-order chi connectivity index (χ0) is 39.7. The number of fused-ring (bicyclic) bond motifs is 2. The number of benzene rings is 4. The fraction of sp³-hybridized carbons (Fsp3) is 0.378. The van der Waals surface area contributed by atoms with Crippen molar-refractivity contribution in [3.63, 3.8) is 0 Å². The Kier molecular flexibility index (Phi) is 10.9. The number of rotatable bonds is 13. The average Bonchev–Trinajstić information content (AvgIpc) is 4.04. The maximum absolute atomic E-state index is 15.4. The molecule has 1 unspecified atom stereocenters. The molecule has 3 N–H and O–H groups in total. The molecular formula is C45H52N6O5Si. The summed E-state index contributed by atoms with van der Waals surface area (Å²) < 4.78 is 14.8. The Labute approximate surface area is 335 Å². The van der Waals surface area contributed by atoms with Crippen molar-refractivity contribution in [2.45, 2.75) is 81.6 Å². The van der Waals surface area contributed by atoms with Crippen LogP contribution in [-0.2, 0) is 33.0 Å². The van der Waals surface area contributed by atoms with Crippen molar-refractivity contribution in [3.8, 4) is 5.75 Å². The first-order chi connectivity index (χ1) is 27.6. The lowest BCUT2D eigenvalue weighted by Gasteiger charge is -2.37. The van der Waals surface area contributed by atoms with Crippen LogP contribution >= 0.6 is 0 Å². The number of anilines is 2. The molecule has 12 heteroatoms. The van der Waals surface area contributed by atoms with Crippen LogP contribution < -0.4 is 25.5 Å². The minimum absolute atomic E-state index is 0.0119. The summed E-state index contributed by atoms with van der Waals surface area (Å²) in [5.41, 5.74) is 3.65. The van der Waals surface area contributed by atoms with Crippen LogP contribution in [-0.4, -0.2) is 72.4 Å². The summed E-state index contributed by atoms with van der Waals surface area (Å²) in [4.78, 5) is 30.6. The van der Waals surface area contributed by atoms with Crippen molar-refractivity contribution in [1.29, 1.82) is 0 Å². The minimum Gasteiger partial charge on any atom is -0.497 e. The van der Waals surface area contributed by atoms with E-state index in [0.29, 0.717) is 30.9 Å². The highest BCUT2D eigenvalue weighted by Gasteiger charge is 2.66. The number of hydrogen-bond donors (Lipinski definition) is 3. The number of carbonyl (C=O) groups excluding carboxylic acids is 2. The van der Waals surface area contributed by atoms with Gasteiger partial charge in [-0.2, -0.15) is 0 Å². The fourth-order valence-corrected chi connectivity index (χ4v) is 13.7. The molecule has 4 heterocycles. The van der Waals surface area contributed by atoms with E-state index in [0.717, 1.165) is 47.5 Å². The first kappa shape index (κ1) is 38.7. The van der Waals surface area contributed by atoms with E-state index < -0.39 is 13.7 Å². The Bertz CT molecular complexity index is 2190. The number of ether oxygens (including phenoxy) is 2. The van der Waals surface area contributed by atoms with Gasteiger partial charge in [-0.15, -0.1) is 5.10 Å². The van der Waals surface area contributed by atoms with Crippen LogP contribution in [0.15, 0.2) is 109 Å². The number of nitrogens with zero attached hydrogens (tertiary/aromatic N) is 4. The molecule has 0 saturated carbocycles. The third kappa shape index (κ3) is 7.20. The van der Waals surface area contributed by atoms with Gasteiger partial charge in [0.1, 0.15) is 5.75 Å². The second-order valence-electron chi connectivity index (χ2n) is 16.2. The maximum atomic E-state index is 15.4. The molecule has 3 aliphatic rings. The van der Waals surface area contributed by atoms with Gasteiger partial charge in [-0.05, 0) is 72.8 Å². The molecule has 5 aromatic rings. The highest BCUT2D eigenvalue weighted by atomic mass is 28.3. The van der Waals surface area contributed by atoms with Crippen LogP contribution in [0.3, 0.4) is 0 Å². The van der Waals surface area contributed by atoms with Crippen molar-refractivity contribution in [3.05, 3.63) is 132 Å². The first-order valence-electron chi connectivity index (χ1n) is 20.1. The SMILES string of the molecule is COc1ccc([Si](C)(C)[C@H]2[C@H](CCn3cc(C(CO)c4ccccc4)nn3)O[C@@]3(C(=O)N(Cc4ccccc4)c4ccc(NC(=O)[C@H]5CCCN5)cc43)[C@@H]2C)cc1. The fourth-order valence-electron chi connectivity index (χ4n) is 9.62. The lowest BCUT2D eigenvalue weighted by Crippen LogP contribution is -2.51. The topological polar surface area (TPSA) is 131 Å². The normalized spacial score (nSPS) is 23.5. The number of aromatic nitrogens is 3. The van der Waals surface area contributed by atoms with Crippen LogP contribution in [0, 0.1) is 5.92 Å². The van der Waals surface area contributed by atoms with Gasteiger partial charge in [0, 0.05) is 29.9 Å². The second kappa shape index (κ2) is 16.0. The third-order valence-corrected chi connectivity index (χ3v) is 17.0. The van der Waals surface area contributed by atoms with Crippen LogP contribution in [0.4, 0.5) is 11.4 Å². The quantitative estimate of drug-likeness (QED) is 0.125. The molecule has 0 radical (unpaired) electrons. The molecule has 0 bridgehead atoms. The molecule has 8 rings (SSSR count). The van der Waals surface area contributed by atoms with E-state index in [1.54, 1.807) is 7.11 Å². The number of hydrogen-bond acceptors (Lipinski definition) is 8. The van der Waals surface area contributed by atoms with Gasteiger partial charge in [0.15, 0.2) is 5.60 Å². The predicted octanol–water partition coefficient (Wildman–Crippen LogP) is 5.95. The number of nitrogens with one attached hydrogen (secondary N) is 2. The summed E-state index contributed by atoms with van der Waals surface area (Å²) in [6.45, 7) is 8.57. The molecule has 2 saturated heterocycles. The predicted molar refractivity (Wildman–Crippen MR) is 223 cm³/mol. The Morgan fingerprint density at radius 3 is 2.47 bits per heavy atom. The standard InChI is InChI=1S/C45H52N6O5Si/c1-30-42(57(3,4)35-20-18-34(55-2)19-21-35)41(23-25-50-28-39(48-49-50)36(29-52)32-14-9-6-10-15-32)56-45(30)37-26-33(47-43(53)38-16-11-24-46-38)17-22-40(37)51(44(45)54)27-31-12-7-5-8-13-31/h5-10,12-15,17-22,26,28,30,36,38,41-42,46,52H,11,16,23-25,27,29H2,1-4H3,(H,47,53)/t30-,36?,38-,41+,42-,45+/m1/s1. The molecule has 1 spiro atoms. The van der Waals surface area contributed by atoms with E-state index in [4.69, 9.17) is 9.47 Å². The minimum atomic E-state index is -2.41. The van der Waals surface area contributed by atoms with E-state index in [1.165, 1.54) is 5.19 Å². The summed E-state index contributed by atoms with van der Waals surface area (Å²) >= 11 is 0. The molecule has 0 aliphatic carbocycles. The van der Waals surface area contributed by atoms with E-state index in [9.17, 15) is 9.90 Å². The monoisotopic (exact) mass is 784 g/mol. The zero-order valence-corrected chi connectivity index (χ0v) is 34.1. The molecule has 3 aliphatic heterocycles. The van der Waals surface area contributed by atoms with E-state index >= 15 is 4.79 Å².